The Hall–Kier alpha value is -2.08. The van der Waals surface area contributed by atoms with Crippen molar-refractivity contribution in [2.75, 3.05) is 12.4 Å². The zero-order valence-electron chi connectivity index (χ0n) is 13.6. The molecule has 0 spiro atoms. The van der Waals surface area contributed by atoms with Crippen molar-refractivity contribution in [1.82, 2.24) is 10.3 Å². The standard InChI is InChI=1S/C17H21N3O2S/c1-10-9-18-16(23-10)11(2)19-17(21)20-15-13-6-4-5-12(13)7-8-14(15)22-3/h7-9,11H,4-6H2,1-3H3,(H2,19,20,21). The summed E-state index contributed by atoms with van der Waals surface area (Å²) in [6.45, 7) is 3.94. The number of carbonyl (C=O) groups excluding carboxylic acids is 1. The fourth-order valence-electron chi connectivity index (χ4n) is 2.93. The van der Waals surface area contributed by atoms with E-state index in [-0.39, 0.29) is 12.1 Å². The fourth-order valence-corrected chi connectivity index (χ4v) is 3.71. The van der Waals surface area contributed by atoms with Crippen molar-refractivity contribution < 1.29 is 9.53 Å². The summed E-state index contributed by atoms with van der Waals surface area (Å²) in [6.07, 6.45) is 4.98. The molecule has 1 unspecified atom stereocenters. The molecule has 1 aliphatic rings. The van der Waals surface area contributed by atoms with Crippen LogP contribution in [0.25, 0.3) is 0 Å². The molecule has 3 rings (SSSR count). The van der Waals surface area contributed by atoms with Crippen molar-refractivity contribution in [2.45, 2.75) is 39.2 Å². The lowest BCUT2D eigenvalue weighted by Gasteiger charge is -2.17. The fraction of sp³-hybridized carbons (Fsp3) is 0.412. The number of ether oxygens (including phenoxy) is 1. The largest absolute Gasteiger partial charge is 0.495 e. The molecule has 0 radical (unpaired) electrons. The van der Waals surface area contributed by atoms with E-state index in [0.717, 1.165) is 34.8 Å². The molecule has 2 N–H and O–H groups in total. The lowest BCUT2D eigenvalue weighted by molar-refractivity contribution is 0.249. The number of urea groups is 1. The van der Waals surface area contributed by atoms with Crippen LogP contribution in [-0.4, -0.2) is 18.1 Å². The topological polar surface area (TPSA) is 63.2 Å². The molecule has 122 valence electrons. The van der Waals surface area contributed by atoms with Gasteiger partial charge in [0.25, 0.3) is 0 Å². The van der Waals surface area contributed by atoms with Crippen LogP contribution in [0.1, 0.15) is 40.4 Å². The van der Waals surface area contributed by atoms with Crippen LogP contribution in [0, 0.1) is 6.92 Å². The number of methoxy groups -OCH3 is 1. The summed E-state index contributed by atoms with van der Waals surface area (Å²) in [5, 5.41) is 6.82. The normalized spacial score (nSPS) is 14.2. The van der Waals surface area contributed by atoms with Crippen molar-refractivity contribution in [3.8, 4) is 5.75 Å². The van der Waals surface area contributed by atoms with E-state index in [2.05, 4.69) is 21.7 Å². The Kier molecular flexibility index (Phi) is 4.52. The first-order valence-corrected chi connectivity index (χ1v) is 8.58. The van der Waals surface area contributed by atoms with Crippen LogP contribution in [-0.2, 0) is 12.8 Å². The minimum absolute atomic E-state index is 0.128. The van der Waals surface area contributed by atoms with Crippen LogP contribution >= 0.6 is 11.3 Å². The first-order valence-electron chi connectivity index (χ1n) is 7.77. The molecule has 6 heteroatoms. The highest BCUT2D eigenvalue weighted by Gasteiger charge is 2.21. The summed E-state index contributed by atoms with van der Waals surface area (Å²) >= 11 is 1.59. The molecule has 1 heterocycles. The van der Waals surface area contributed by atoms with Gasteiger partial charge in [0.05, 0.1) is 18.8 Å². The van der Waals surface area contributed by atoms with Gasteiger partial charge in [-0.1, -0.05) is 6.07 Å². The molecule has 1 aliphatic carbocycles. The highest BCUT2D eigenvalue weighted by molar-refractivity contribution is 7.11. The third kappa shape index (κ3) is 3.32. The Bertz CT molecular complexity index is 727. The summed E-state index contributed by atoms with van der Waals surface area (Å²) < 4.78 is 5.41. The van der Waals surface area contributed by atoms with Crippen LogP contribution in [0.3, 0.4) is 0 Å². The second-order valence-corrected chi connectivity index (χ2v) is 7.03. The van der Waals surface area contributed by atoms with Gasteiger partial charge < -0.3 is 15.4 Å². The molecule has 5 nitrogen and oxygen atoms in total. The van der Waals surface area contributed by atoms with Gasteiger partial charge in [-0.2, -0.15) is 0 Å². The smallest absolute Gasteiger partial charge is 0.319 e. The highest BCUT2D eigenvalue weighted by atomic mass is 32.1. The molecule has 1 aromatic heterocycles. The first kappa shape index (κ1) is 15.8. The molecular formula is C17H21N3O2S. The molecule has 0 fully saturated rings. The van der Waals surface area contributed by atoms with E-state index in [4.69, 9.17) is 4.74 Å². The third-order valence-electron chi connectivity index (χ3n) is 4.06. The molecule has 1 aromatic carbocycles. The number of aryl methyl sites for hydroxylation is 2. The van der Waals surface area contributed by atoms with Gasteiger partial charge in [0.15, 0.2) is 0 Å². The average Bonchev–Trinajstić information content (AvgIpc) is 3.16. The summed E-state index contributed by atoms with van der Waals surface area (Å²) in [5.74, 6) is 0.707. The van der Waals surface area contributed by atoms with Gasteiger partial charge in [0, 0.05) is 11.1 Å². The Labute approximate surface area is 140 Å². The van der Waals surface area contributed by atoms with Gasteiger partial charge in [-0.25, -0.2) is 9.78 Å². The second kappa shape index (κ2) is 6.58. The lowest BCUT2D eigenvalue weighted by Crippen LogP contribution is -2.31. The number of nitrogens with one attached hydrogen (secondary N) is 2. The SMILES string of the molecule is COc1ccc2c(c1NC(=O)NC(C)c1ncc(C)s1)CCC2. The number of carbonyl (C=O) groups is 1. The molecule has 0 bridgehead atoms. The van der Waals surface area contributed by atoms with Crippen molar-refractivity contribution in [1.29, 1.82) is 0 Å². The van der Waals surface area contributed by atoms with E-state index in [1.54, 1.807) is 18.4 Å². The number of amides is 2. The molecule has 23 heavy (non-hydrogen) atoms. The number of fused-ring (bicyclic) bond motifs is 1. The summed E-state index contributed by atoms with van der Waals surface area (Å²) in [7, 11) is 1.63. The van der Waals surface area contributed by atoms with E-state index in [1.807, 2.05) is 26.1 Å². The molecule has 0 saturated heterocycles. The van der Waals surface area contributed by atoms with E-state index in [0.29, 0.717) is 5.75 Å². The van der Waals surface area contributed by atoms with E-state index < -0.39 is 0 Å². The number of hydrogen-bond donors (Lipinski definition) is 2. The lowest BCUT2D eigenvalue weighted by atomic mass is 10.1. The van der Waals surface area contributed by atoms with Gasteiger partial charge in [0.1, 0.15) is 10.8 Å². The van der Waals surface area contributed by atoms with Gasteiger partial charge in [-0.3, -0.25) is 0 Å². The van der Waals surface area contributed by atoms with Crippen molar-refractivity contribution in [3.05, 3.63) is 39.3 Å². The predicted molar refractivity (Wildman–Crippen MR) is 92.4 cm³/mol. The number of rotatable bonds is 4. The molecule has 1 atom stereocenters. The molecular weight excluding hydrogens is 310 g/mol. The monoisotopic (exact) mass is 331 g/mol. The molecule has 0 saturated carbocycles. The maximum absolute atomic E-state index is 12.4. The average molecular weight is 331 g/mol. The van der Waals surface area contributed by atoms with Crippen molar-refractivity contribution >= 4 is 23.1 Å². The van der Waals surface area contributed by atoms with Gasteiger partial charge in [-0.05, 0) is 50.3 Å². The maximum atomic E-state index is 12.4. The summed E-state index contributed by atoms with van der Waals surface area (Å²) in [4.78, 5) is 17.8. The number of benzene rings is 1. The number of anilines is 1. The second-order valence-electron chi connectivity index (χ2n) is 5.76. The number of thiazole rings is 1. The van der Waals surface area contributed by atoms with Gasteiger partial charge in [0.2, 0.25) is 0 Å². The van der Waals surface area contributed by atoms with E-state index in [9.17, 15) is 4.79 Å². The Balaban J connectivity index is 1.74. The van der Waals surface area contributed by atoms with E-state index >= 15 is 0 Å². The zero-order chi connectivity index (χ0) is 16.4. The van der Waals surface area contributed by atoms with Crippen LogP contribution < -0.4 is 15.4 Å². The number of nitrogens with zero attached hydrogens (tertiary/aromatic N) is 1. The Morgan fingerprint density at radius 1 is 1.39 bits per heavy atom. The third-order valence-corrected chi connectivity index (χ3v) is 5.16. The predicted octanol–water partition coefficient (Wildman–Crippen LogP) is 3.83. The minimum atomic E-state index is -0.232. The van der Waals surface area contributed by atoms with Gasteiger partial charge in [-0.15, -0.1) is 11.3 Å². The maximum Gasteiger partial charge on any atom is 0.319 e. The quantitative estimate of drug-likeness (QED) is 0.895. The van der Waals surface area contributed by atoms with Gasteiger partial charge >= 0.3 is 6.03 Å². The molecule has 2 aromatic rings. The zero-order valence-corrected chi connectivity index (χ0v) is 14.4. The van der Waals surface area contributed by atoms with Crippen molar-refractivity contribution in [3.63, 3.8) is 0 Å². The highest BCUT2D eigenvalue weighted by Crippen LogP contribution is 2.36. The van der Waals surface area contributed by atoms with Crippen LogP contribution in [0.15, 0.2) is 18.3 Å². The number of hydrogen-bond acceptors (Lipinski definition) is 4. The molecule has 2 amide bonds. The van der Waals surface area contributed by atoms with Crippen LogP contribution in [0.4, 0.5) is 10.5 Å². The molecule has 0 aliphatic heterocycles. The Morgan fingerprint density at radius 2 is 2.22 bits per heavy atom. The Morgan fingerprint density at radius 3 is 2.91 bits per heavy atom. The van der Waals surface area contributed by atoms with Crippen LogP contribution in [0.2, 0.25) is 0 Å². The van der Waals surface area contributed by atoms with Crippen molar-refractivity contribution in [2.24, 2.45) is 0 Å². The first-order chi connectivity index (χ1) is 11.1. The minimum Gasteiger partial charge on any atom is -0.495 e. The van der Waals surface area contributed by atoms with E-state index in [1.165, 1.54) is 11.1 Å². The van der Waals surface area contributed by atoms with Crippen LogP contribution in [0.5, 0.6) is 5.75 Å². The number of aromatic nitrogens is 1. The summed E-state index contributed by atoms with van der Waals surface area (Å²) in [6, 6.07) is 3.65. The summed E-state index contributed by atoms with van der Waals surface area (Å²) in [5.41, 5.74) is 3.28.